The van der Waals surface area contributed by atoms with Crippen molar-refractivity contribution in [2.45, 2.75) is 57.1 Å². The highest BCUT2D eigenvalue weighted by molar-refractivity contribution is 6.30. The fourth-order valence-electron chi connectivity index (χ4n) is 3.60. The summed E-state index contributed by atoms with van der Waals surface area (Å²) in [6.45, 7) is 1.74. The molecule has 1 aromatic rings. The second-order valence-electron chi connectivity index (χ2n) is 7.53. The van der Waals surface area contributed by atoms with E-state index in [9.17, 15) is 14.7 Å². The maximum absolute atomic E-state index is 11.0. The van der Waals surface area contributed by atoms with E-state index >= 15 is 0 Å². The summed E-state index contributed by atoms with van der Waals surface area (Å²) >= 11 is 12.6. The molecule has 166 valence electrons. The van der Waals surface area contributed by atoms with E-state index in [1.807, 2.05) is 12.2 Å². The maximum Gasteiger partial charge on any atom is 0.303 e. The molecule has 1 aliphatic rings. The van der Waals surface area contributed by atoms with Crippen LogP contribution < -0.4 is 4.74 Å². The summed E-state index contributed by atoms with van der Waals surface area (Å²) in [6, 6.07) is 5.13. The highest BCUT2D eigenvalue weighted by Crippen LogP contribution is 2.39. The lowest BCUT2D eigenvalue weighted by Gasteiger charge is -2.23. The van der Waals surface area contributed by atoms with Crippen LogP contribution in [0.3, 0.4) is 0 Å². The molecule has 0 aromatic heterocycles. The lowest BCUT2D eigenvalue weighted by molar-refractivity contribution is -0.142. The van der Waals surface area contributed by atoms with Gasteiger partial charge in [-0.1, -0.05) is 23.8 Å². The highest BCUT2D eigenvalue weighted by Gasteiger charge is 2.41. The molecule has 0 bridgehead atoms. The zero-order valence-electron chi connectivity index (χ0n) is 16.9. The number of carboxylic acid groups (broad SMARTS) is 1. The van der Waals surface area contributed by atoms with E-state index in [0.717, 1.165) is 5.56 Å². The number of halogens is 2. The molecule has 0 heterocycles. The van der Waals surface area contributed by atoms with Gasteiger partial charge < -0.3 is 19.7 Å². The minimum absolute atomic E-state index is 0.0529. The molecular formula is C22H28Cl2O6. The van der Waals surface area contributed by atoms with Gasteiger partial charge in [-0.25, -0.2) is 0 Å². The molecule has 2 N–H and O–H groups in total. The van der Waals surface area contributed by atoms with Gasteiger partial charge in [-0.2, -0.15) is 0 Å². The Labute approximate surface area is 186 Å². The number of ether oxygens (including phenoxy) is 2. The van der Waals surface area contributed by atoms with Gasteiger partial charge in [-0.3, -0.25) is 9.59 Å². The second-order valence-corrected chi connectivity index (χ2v) is 8.52. The fourth-order valence-corrected chi connectivity index (χ4v) is 4.32. The summed E-state index contributed by atoms with van der Waals surface area (Å²) in [5.74, 6) is -0.710. The number of carbonyl (C=O) groups is 2. The quantitative estimate of drug-likeness (QED) is 0.218. The molecule has 1 fully saturated rings. The summed E-state index contributed by atoms with van der Waals surface area (Å²) < 4.78 is 10.9. The van der Waals surface area contributed by atoms with Crippen molar-refractivity contribution in [3.8, 4) is 5.75 Å². The molecule has 0 spiro atoms. The Morgan fingerprint density at radius 2 is 2.00 bits per heavy atom. The summed E-state index contributed by atoms with van der Waals surface area (Å²) in [6.07, 6.45) is 6.05. The summed E-state index contributed by atoms with van der Waals surface area (Å²) in [5.41, 5.74) is 0.718. The van der Waals surface area contributed by atoms with E-state index in [-0.39, 0.29) is 42.8 Å². The first-order chi connectivity index (χ1) is 14.3. The van der Waals surface area contributed by atoms with Gasteiger partial charge >= 0.3 is 11.9 Å². The first kappa shape index (κ1) is 24.5. The Morgan fingerprint density at radius 3 is 2.70 bits per heavy atom. The van der Waals surface area contributed by atoms with Gasteiger partial charge in [-0.05, 0) is 55.4 Å². The smallest absolute Gasteiger partial charge is 0.303 e. The number of carboxylic acids is 1. The third-order valence-corrected chi connectivity index (χ3v) is 5.85. The van der Waals surface area contributed by atoms with E-state index in [1.165, 1.54) is 6.92 Å². The van der Waals surface area contributed by atoms with Gasteiger partial charge in [0.2, 0.25) is 0 Å². The number of esters is 1. The van der Waals surface area contributed by atoms with Crippen molar-refractivity contribution in [2.24, 2.45) is 11.8 Å². The van der Waals surface area contributed by atoms with Crippen LogP contribution in [0.25, 0.3) is 0 Å². The second kappa shape index (κ2) is 12.2. The SMILES string of the molecule is CC(=O)OCc1cc(Cl)cc(OC[C@@H]2[C@@H](C/C=C/CCCC(=O)O)[C@H](Cl)C[C@H]2O)c1. The topological polar surface area (TPSA) is 93.1 Å². The molecule has 2 rings (SSSR count). The van der Waals surface area contributed by atoms with E-state index in [1.54, 1.807) is 18.2 Å². The van der Waals surface area contributed by atoms with Gasteiger partial charge in [0.1, 0.15) is 12.4 Å². The molecule has 1 aliphatic carbocycles. The van der Waals surface area contributed by atoms with Crippen LogP contribution in [0.2, 0.25) is 5.02 Å². The molecule has 1 saturated carbocycles. The van der Waals surface area contributed by atoms with Crippen molar-refractivity contribution < 1.29 is 29.3 Å². The molecule has 0 amide bonds. The average molecular weight is 459 g/mol. The van der Waals surface area contributed by atoms with E-state index < -0.39 is 12.1 Å². The monoisotopic (exact) mass is 458 g/mol. The number of rotatable bonds is 11. The Morgan fingerprint density at radius 1 is 1.23 bits per heavy atom. The van der Waals surface area contributed by atoms with E-state index in [0.29, 0.717) is 36.5 Å². The van der Waals surface area contributed by atoms with E-state index in [2.05, 4.69) is 0 Å². The third-order valence-electron chi connectivity index (χ3n) is 5.13. The largest absolute Gasteiger partial charge is 0.493 e. The fraction of sp³-hybridized carbons (Fsp3) is 0.545. The van der Waals surface area contributed by atoms with E-state index in [4.69, 9.17) is 37.8 Å². The highest BCUT2D eigenvalue weighted by atomic mass is 35.5. The predicted molar refractivity (Wildman–Crippen MR) is 115 cm³/mol. The molecule has 30 heavy (non-hydrogen) atoms. The van der Waals surface area contributed by atoms with Gasteiger partial charge in [0.05, 0.1) is 12.7 Å². The Kier molecular flexibility index (Phi) is 9.95. The lowest BCUT2D eigenvalue weighted by atomic mass is 9.92. The first-order valence-corrected chi connectivity index (χ1v) is 10.8. The molecule has 0 saturated heterocycles. The van der Waals surface area contributed by atoms with Crippen molar-refractivity contribution in [1.29, 1.82) is 0 Å². The Hall–Kier alpha value is -1.76. The van der Waals surface area contributed by atoms with Crippen molar-refractivity contribution >= 4 is 35.1 Å². The van der Waals surface area contributed by atoms with Crippen molar-refractivity contribution in [1.82, 2.24) is 0 Å². The number of unbranched alkanes of at least 4 members (excludes halogenated alkanes) is 1. The number of hydrogen-bond donors (Lipinski definition) is 2. The standard InChI is InChI=1S/C22H28Cl2O6/c1-14(25)29-12-15-8-16(23)10-17(9-15)30-13-19-18(20(24)11-21(19)26)6-4-2-3-5-7-22(27)28/h2,4,8-10,18-21,26H,3,5-7,11-13H2,1H3,(H,27,28)/b4-2+/t18-,19-,20-,21-/m1/s1. The predicted octanol–water partition coefficient (Wildman–Crippen LogP) is 4.59. The Bertz CT molecular complexity index is 751. The van der Waals surface area contributed by atoms with Crippen LogP contribution in [0.1, 0.15) is 44.6 Å². The Balaban J connectivity index is 1.92. The minimum Gasteiger partial charge on any atom is -0.493 e. The number of allylic oxidation sites excluding steroid dienone is 2. The number of hydrogen-bond acceptors (Lipinski definition) is 5. The molecule has 1 aromatic carbocycles. The number of benzene rings is 1. The van der Waals surface area contributed by atoms with Crippen molar-refractivity contribution in [3.63, 3.8) is 0 Å². The van der Waals surface area contributed by atoms with Gasteiger partial charge in [0.15, 0.2) is 0 Å². The number of alkyl halides is 1. The van der Waals surface area contributed by atoms with Crippen molar-refractivity contribution in [3.05, 3.63) is 40.9 Å². The summed E-state index contributed by atoms with van der Waals surface area (Å²) in [5, 5.41) is 19.4. The first-order valence-electron chi connectivity index (χ1n) is 10.0. The van der Waals surface area contributed by atoms with Crippen molar-refractivity contribution in [2.75, 3.05) is 6.61 Å². The number of aliphatic hydroxyl groups excluding tert-OH is 1. The molecule has 4 atom stereocenters. The zero-order chi connectivity index (χ0) is 22.1. The minimum atomic E-state index is -0.794. The molecular weight excluding hydrogens is 431 g/mol. The molecule has 0 radical (unpaired) electrons. The van der Waals surface area contributed by atoms with Gasteiger partial charge in [0, 0.05) is 29.7 Å². The number of aliphatic carboxylic acids is 1. The van der Waals surface area contributed by atoms with Crippen LogP contribution in [0.15, 0.2) is 30.4 Å². The third kappa shape index (κ3) is 8.17. The van der Waals surface area contributed by atoms with Crippen LogP contribution in [-0.4, -0.2) is 40.2 Å². The van der Waals surface area contributed by atoms with Crippen LogP contribution in [0.5, 0.6) is 5.75 Å². The molecule has 0 unspecified atom stereocenters. The van der Waals surface area contributed by atoms with Crippen LogP contribution in [0.4, 0.5) is 0 Å². The van der Waals surface area contributed by atoms with Crippen LogP contribution >= 0.6 is 23.2 Å². The average Bonchev–Trinajstić information content (AvgIpc) is 2.93. The normalized spacial score (nSPS) is 23.6. The lowest BCUT2D eigenvalue weighted by Crippen LogP contribution is -2.27. The molecule has 8 heteroatoms. The molecule has 6 nitrogen and oxygen atoms in total. The number of carbonyl (C=O) groups excluding carboxylic acids is 1. The van der Waals surface area contributed by atoms with Gasteiger partial charge in [0.25, 0.3) is 0 Å². The summed E-state index contributed by atoms with van der Waals surface area (Å²) in [7, 11) is 0. The maximum atomic E-state index is 11.0. The summed E-state index contributed by atoms with van der Waals surface area (Å²) in [4.78, 5) is 21.6. The zero-order valence-corrected chi connectivity index (χ0v) is 18.4. The van der Waals surface area contributed by atoms with Crippen LogP contribution in [-0.2, 0) is 20.9 Å². The van der Waals surface area contributed by atoms with Crippen LogP contribution in [0, 0.1) is 11.8 Å². The van der Waals surface area contributed by atoms with Gasteiger partial charge in [-0.15, -0.1) is 11.6 Å². The molecule has 0 aliphatic heterocycles. The number of aliphatic hydroxyl groups is 1.